The molecule has 1 unspecified atom stereocenters. The van der Waals surface area contributed by atoms with E-state index in [1.807, 2.05) is 44.2 Å². The molecule has 1 aromatic rings. The average molecular weight is 273 g/mol. The van der Waals surface area contributed by atoms with Crippen LogP contribution in [0, 0.1) is 11.3 Å². The van der Waals surface area contributed by atoms with Crippen LogP contribution in [-0.2, 0) is 14.3 Å². The van der Waals surface area contributed by atoms with Crippen molar-refractivity contribution >= 4 is 17.4 Å². The van der Waals surface area contributed by atoms with Gasteiger partial charge in [0.05, 0.1) is 7.11 Å². The molecule has 1 aliphatic rings. The van der Waals surface area contributed by atoms with Crippen molar-refractivity contribution in [1.82, 2.24) is 0 Å². The third-order valence-corrected chi connectivity index (χ3v) is 3.54. The van der Waals surface area contributed by atoms with Gasteiger partial charge in [-0.05, 0) is 24.0 Å². The van der Waals surface area contributed by atoms with Gasteiger partial charge in [-0.25, -0.2) is 0 Å². The Labute approximate surface area is 118 Å². The van der Waals surface area contributed by atoms with Crippen LogP contribution >= 0.6 is 0 Å². The normalized spacial score (nSPS) is 21.1. The van der Waals surface area contributed by atoms with E-state index in [0.29, 0.717) is 6.42 Å². The van der Waals surface area contributed by atoms with Gasteiger partial charge < -0.3 is 10.1 Å². The molecule has 0 saturated carbocycles. The van der Waals surface area contributed by atoms with Gasteiger partial charge in [-0.15, -0.1) is 0 Å². The van der Waals surface area contributed by atoms with Crippen LogP contribution in [0.1, 0.15) is 20.3 Å². The summed E-state index contributed by atoms with van der Waals surface area (Å²) in [5.74, 6) is -1.39. The Kier molecular flexibility index (Phi) is 3.93. The van der Waals surface area contributed by atoms with Crippen LogP contribution in [0.5, 0.6) is 0 Å². The largest absolute Gasteiger partial charge is 0.468 e. The average Bonchev–Trinajstić information content (AvgIpc) is 2.37. The van der Waals surface area contributed by atoms with Crippen LogP contribution < -0.4 is 5.32 Å². The standard InChI is InChI=1S/C16H19NO3/c1-16(2)10-12(17-11-7-5-4-6-8-11)9-13(18)14(16)15(19)20-3/h4-9,14,17H,10H2,1-3H3. The Morgan fingerprint density at radius 3 is 2.50 bits per heavy atom. The number of esters is 1. The van der Waals surface area contributed by atoms with Crippen molar-refractivity contribution in [3.8, 4) is 0 Å². The van der Waals surface area contributed by atoms with Gasteiger partial charge in [-0.3, -0.25) is 9.59 Å². The van der Waals surface area contributed by atoms with E-state index in [0.717, 1.165) is 11.4 Å². The van der Waals surface area contributed by atoms with E-state index in [2.05, 4.69) is 5.32 Å². The zero-order valence-corrected chi connectivity index (χ0v) is 12.0. The van der Waals surface area contributed by atoms with Crippen molar-refractivity contribution in [3.05, 3.63) is 42.1 Å². The highest BCUT2D eigenvalue weighted by Crippen LogP contribution is 2.39. The fraction of sp³-hybridized carbons (Fsp3) is 0.375. The summed E-state index contributed by atoms with van der Waals surface area (Å²) >= 11 is 0. The second-order valence-corrected chi connectivity index (χ2v) is 5.68. The predicted molar refractivity (Wildman–Crippen MR) is 77.1 cm³/mol. The third kappa shape index (κ3) is 2.90. The highest BCUT2D eigenvalue weighted by Gasteiger charge is 2.44. The van der Waals surface area contributed by atoms with E-state index in [4.69, 9.17) is 4.74 Å². The summed E-state index contributed by atoms with van der Waals surface area (Å²) in [5.41, 5.74) is 1.29. The maximum absolute atomic E-state index is 12.2. The lowest BCUT2D eigenvalue weighted by Crippen LogP contribution is -2.41. The fourth-order valence-electron chi connectivity index (χ4n) is 2.62. The summed E-state index contributed by atoms with van der Waals surface area (Å²) in [6, 6.07) is 9.66. The summed E-state index contributed by atoms with van der Waals surface area (Å²) in [7, 11) is 1.31. The lowest BCUT2D eigenvalue weighted by atomic mass is 9.70. The van der Waals surface area contributed by atoms with Crippen LogP contribution in [0.15, 0.2) is 42.1 Å². The molecule has 2 rings (SSSR count). The molecule has 0 heterocycles. The van der Waals surface area contributed by atoms with Crippen LogP contribution in [0.25, 0.3) is 0 Å². The molecule has 0 bridgehead atoms. The van der Waals surface area contributed by atoms with Gasteiger partial charge in [0.15, 0.2) is 5.78 Å². The van der Waals surface area contributed by atoms with Gasteiger partial charge in [-0.1, -0.05) is 32.0 Å². The molecule has 1 N–H and O–H groups in total. The monoisotopic (exact) mass is 273 g/mol. The van der Waals surface area contributed by atoms with E-state index in [-0.39, 0.29) is 5.78 Å². The summed E-state index contributed by atoms with van der Waals surface area (Å²) in [4.78, 5) is 24.0. The van der Waals surface area contributed by atoms with Gasteiger partial charge in [-0.2, -0.15) is 0 Å². The lowest BCUT2D eigenvalue weighted by Gasteiger charge is -2.35. The number of hydrogen-bond acceptors (Lipinski definition) is 4. The van der Waals surface area contributed by atoms with Gasteiger partial charge in [0, 0.05) is 17.5 Å². The fourth-order valence-corrected chi connectivity index (χ4v) is 2.62. The first-order chi connectivity index (χ1) is 9.44. The van der Waals surface area contributed by atoms with Crippen LogP contribution in [0.2, 0.25) is 0 Å². The molecule has 0 fully saturated rings. The van der Waals surface area contributed by atoms with Gasteiger partial charge in [0.1, 0.15) is 5.92 Å². The number of para-hydroxylation sites is 1. The molecule has 0 saturated heterocycles. The van der Waals surface area contributed by atoms with E-state index < -0.39 is 17.3 Å². The molecule has 1 aliphatic carbocycles. The van der Waals surface area contributed by atoms with Crippen molar-refractivity contribution in [2.45, 2.75) is 20.3 Å². The molecular weight excluding hydrogens is 254 g/mol. The molecule has 0 aromatic heterocycles. The Balaban J connectivity index is 2.23. The molecule has 106 valence electrons. The molecule has 0 spiro atoms. The number of rotatable bonds is 3. The van der Waals surface area contributed by atoms with E-state index in [1.165, 1.54) is 13.2 Å². The Bertz CT molecular complexity index is 546. The summed E-state index contributed by atoms with van der Waals surface area (Å²) in [6.07, 6.45) is 2.13. The SMILES string of the molecule is COC(=O)C1C(=O)C=C(Nc2ccccc2)CC1(C)C. The topological polar surface area (TPSA) is 55.4 Å². The number of carbonyl (C=O) groups excluding carboxylic acids is 2. The number of ether oxygens (including phenoxy) is 1. The minimum absolute atomic E-state index is 0.202. The van der Waals surface area contributed by atoms with Gasteiger partial charge in [0.2, 0.25) is 0 Å². The number of methoxy groups -OCH3 is 1. The summed E-state index contributed by atoms with van der Waals surface area (Å²) in [6.45, 7) is 3.82. The predicted octanol–water partition coefficient (Wildman–Crippen LogP) is 2.77. The Hall–Kier alpha value is -2.10. The first-order valence-electron chi connectivity index (χ1n) is 6.58. The minimum atomic E-state index is -0.728. The van der Waals surface area contributed by atoms with Crippen molar-refractivity contribution < 1.29 is 14.3 Å². The molecule has 4 heteroatoms. The maximum Gasteiger partial charge on any atom is 0.317 e. The van der Waals surface area contributed by atoms with Crippen LogP contribution in [0.4, 0.5) is 5.69 Å². The van der Waals surface area contributed by atoms with E-state index in [9.17, 15) is 9.59 Å². The number of allylic oxidation sites excluding steroid dienone is 2. The molecule has 20 heavy (non-hydrogen) atoms. The van der Waals surface area contributed by atoms with Gasteiger partial charge >= 0.3 is 5.97 Å². The van der Waals surface area contributed by atoms with Crippen molar-refractivity contribution in [1.29, 1.82) is 0 Å². The Morgan fingerprint density at radius 2 is 1.95 bits per heavy atom. The molecule has 0 radical (unpaired) electrons. The number of ketones is 1. The second-order valence-electron chi connectivity index (χ2n) is 5.68. The van der Waals surface area contributed by atoms with Crippen molar-refractivity contribution in [3.63, 3.8) is 0 Å². The molecule has 1 aromatic carbocycles. The first kappa shape index (κ1) is 14.3. The summed E-state index contributed by atoms with van der Waals surface area (Å²) < 4.78 is 4.74. The van der Waals surface area contributed by atoms with E-state index in [1.54, 1.807) is 0 Å². The molecule has 1 atom stereocenters. The van der Waals surface area contributed by atoms with E-state index >= 15 is 0 Å². The number of hydrogen-bond donors (Lipinski definition) is 1. The lowest BCUT2D eigenvalue weighted by molar-refractivity contribution is -0.153. The highest BCUT2D eigenvalue weighted by molar-refractivity contribution is 6.07. The summed E-state index contributed by atoms with van der Waals surface area (Å²) in [5, 5.41) is 3.23. The second kappa shape index (κ2) is 5.49. The van der Waals surface area contributed by atoms with Crippen LogP contribution in [0.3, 0.4) is 0 Å². The van der Waals surface area contributed by atoms with Gasteiger partial charge in [0.25, 0.3) is 0 Å². The smallest absolute Gasteiger partial charge is 0.317 e. The Morgan fingerprint density at radius 1 is 1.30 bits per heavy atom. The van der Waals surface area contributed by atoms with Crippen LogP contribution in [-0.4, -0.2) is 18.9 Å². The zero-order chi connectivity index (χ0) is 14.8. The molecular formula is C16H19NO3. The van der Waals surface area contributed by atoms with Crippen molar-refractivity contribution in [2.24, 2.45) is 11.3 Å². The first-order valence-corrected chi connectivity index (χ1v) is 6.58. The molecule has 4 nitrogen and oxygen atoms in total. The molecule has 0 amide bonds. The zero-order valence-electron chi connectivity index (χ0n) is 12.0. The molecule has 0 aliphatic heterocycles. The number of carbonyl (C=O) groups is 2. The number of nitrogens with one attached hydrogen (secondary N) is 1. The maximum atomic E-state index is 12.2. The number of anilines is 1. The minimum Gasteiger partial charge on any atom is -0.468 e. The van der Waals surface area contributed by atoms with Crippen molar-refractivity contribution in [2.75, 3.05) is 12.4 Å². The number of benzene rings is 1. The quantitative estimate of drug-likeness (QED) is 0.679. The third-order valence-electron chi connectivity index (χ3n) is 3.54. The highest BCUT2D eigenvalue weighted by atomic mass is 16.5.